The van der Waals surface area contributed by atoms with Gasteiger partial charge in [0.2, 0.25) is 0 Å². The number of halogens is 2. The second kappa shape index (κ2) is 8.98. The smallest absolute Gasteiger partial charge is 0.295 e. The first-order valence-electron chi connectivity index (χ1n) is 9.40. The molecule has 0 bridgehead atoms. The van der Waals surface area contributed by atoms with Crippen LogP contribution in [0.25, 0.3) is 5.76 Å². The molecule has 158 valence electrons. The number of hydrogen-bond acceptors (Lipinski definition) is 5. The molecule has 1 saturated heterocycles. The maximum atomic E-state index is 12.9. The highest BCUT2D eigenvalue weighted by Gasteiger charge is 2.46. The summed E-state index contributed by atoms with van der Waals surface area (Å²) in [7, 11) is 1.47. The lowest BCUT2D eigenvalue weighted by Crippen LogP contribution is -2.30. The number of nitrogens with zero attached hydrogens (tertiary/aromatic N) is 1. The summed E-state index contributed by atoms with van der Waals surface area (Å²) in [6.45, 7) is 2.30. The molecule has 0 aromatic heterocycles. The quantitative estimate of drug-likeness (QED) is 0.370. The van der Waals surface area contributed by atoms with Gasteiger partial charge >= 0.3 is 0 Å². The molecular formula is C22H21Cl2NO5. The third kappa shape index (κ3) is 3.98. The van der Waals surface area contributed by atoms with E-state index in [0.717, 1.165) is 6.42 Å². The van der Waals surface area contributed by atoms with Crippen molar-refractivity contribution >= 4 is 40.7 Å². The maximum Gasteiger partial charge on any atom is 0.295 e. The number of Topliss-reactive ketones (excluding diaryl/α,β-unsaturated/α-hetero) is 1. The molecule has 1 amide bonds. The second-order valence-corrected chi connectivity index (χ2v) is 7.72. The molecular weight excluding hydrogens is 429 g/mol. The van der Waals surface area contributed by atoms with Crippen LogP contribution < -0.4 is 4.74 Å². The largest absolute Gasteiger partial charge is 0.507 e. The number of benzene rings is 2. The Labute approximate surface area is 184 Å². The van der Waals surface area contributed by atoms with Crippen molar-refractivity contribution in [3.63, 3.8) is 0 Å². The van der Waals surface area contributed by atoms with Gasteiger partial charge in [-0.25, -0.2) is 0 Å². The van der Waals surface area contributed by atoms with Gasteiger partial charge in [0.25, 0.3) is 11.7 Å². The van der Waals surface area contributed by atoms with Crippen molar-refractivity contribution in [3.8, 4) is 11.5 Å². The Morgan fingerprint density at radius 3 is 2.50 bits per heavy atom. The van der Waals surface area contributed by atoms with Gasteiger partial charge < -0.3 is 19.8 Å². The number of aromatic hydroxyl groups is 1. The summed E-state index contributed by atoms with van der Waals surface area (Å²) in [6, 6.07) is 8.22. The summed E-state index contributed by atoms with van der Waals surface area (Å²) in [6.07, 6.45) is 1.49. The molecule has 1 aliphatic heterocycles. The molecule has 2 aromatic rings. The van der Waals surface area contributed by atoms with Crippen molar-refractivity contribution in [2.45, 2.75) is 25.8 Å². The van der Waals surface area contributed by atoms with E-state index in [0.29, 0.717) is 24.3 Å². The monoisotopic (exact) mass is 449 g/mol. The van der Waals surface area contributed by atoms with Gasteiger partial charge in [0.15, 0.2) is 0 Å². The first kappa shape index (κ1) is 22.0. The molecule has 1 fully saturated rings. The zero-order valence-electron chi connectivity index (χ0n) is 16.5. The van der Waals surface area contributed by atoms with Gasteiger partial charge in [-0.3, -0.25) is 9.59 Å². The van der Waals surface area contributed by atoms with E-state index in [4.69, 9.17) is 27.9 Å². The summed E-state index contributed by atoms with van der Waals surface area (Å²) < 4.78 is 5.19. The van der Waals surface area contributed by atoms with Crippen LogP contribution in [0.15, 0.2) is 42.0 Å². The molecule has 30 heavy (non-hydrogen) atoms. The Morgan fingerprint density at radius 2 is 1.87 bits per heavy atom. The van der Waals surface area contributed by atoms with Crippen LogP contribution in [0.1, 0.15) is 36.9 Å². The zero-order chi connectivity index (χ0) is 22.0. The van der Waals surface area contributed by atoms with E-state index in [2.05, 4.69) is 0 Å². The Morgan fingerprint density at radius 1 is 1.13 bits per heavy atom. The zero-order valence-corrected chi connectivity index (χ0v) is 18.0. The molecule has 0 spiro atoms. The molecule has 0 saturated carbocycles. The lowest BCUT2D eigenvalue weighted by molar-refractivity contribution is -0.139. The minimum Gasteiger partial charge on any atom is -0.507 e. The second-order valence-electron chi connectivity index (χ2n) is 6.90. The molecule has 2 aromatic carbocycles. The number of aliphatic hydroxyl groups excluding tert-OH is 1. The number of hydrogen-bond donors (Lipinski definition) is 2. The summed E-state index contributed by atoms with van der Waals surface area (Å²) >= 11 is 12.3. The molecule has 6 nitrogen and oxygen atoms in total. The van der Waals surface area contributed by atoms with Crippen LogP contribution in [0.4, 0.5) is 0 Å². The summed E-state index contributed by atoms with van der Waals surface area (Å²) in [5, 5.41) is 21.1. The van der Waals surface area contributed by atoms with E-state index >= 15 is 0 Å². The average Bonchev–Trinajstić information content (AvgIpc) is 2.98. The average molecular weight is 450 g/mol. The Hall–Kier alpha value is -2.70. The van der Waals surface area contributed by atoms with Gasteiger partial charge in [-0.05, 0) is 42.3 Å². The molecule has 8 heteroatoms. The number of aliphatic hydroxyl groups is 1. The Kier molecular flexibility index (Phi) is 6.58. The minimum atomic E-state index is -0.864. The van der Waals surface area contributed by atoms with Crippen molar-refractivity contribution in [2.24, 2.45) is 0 Å². The number of carbonyl (C=O) groups excluding carboxylic acids is 2. The molecule has 0 aliphatic carbocycles. The predicted octanol–water partition coefficient (Wildman–Crippen LogP) is 4.93. The van der Waals surface area contributed by atoms with E-state index in [9.17, 15) is 19.8 Å². The number of phenolic OH excluding ortho intramolecular Hbond substituents is 1. The van der Waals surface area contributed by atoms with E-state index in [-0.39, 0.29) is 26.9 Å². The third-order valence-corrected chi connectivity index (χ3v) is 5.64. The number of carbonyl (C=O) groups is 2. The summed E-state index contributed by atoms with van der Waals surface area (Å²) in [5.74, 6) is -1.60. The molecule has 1 heterocycles. The lowest BCUT2D eigenvalue weighted by Gasteiger charge is -2.25. The first-order chi connectivity index (χ1) is 14.3. The van der Waals surface area contributed by atoms with Crippen LogP contribution in [-0.2, 0) is 9.59 Å². The number of unbranched alkanes of at least 4 members (excludes halogenated alkanes) is 1. The predicted molar refractivity (Wildman–Crippen MR) is 115 cm³/mol. The topological polar surface area (TPSA) is 87.1 Å². The van der Waals surface area contributed by atoms with Crippen LogP contribution in [0.2, 0.25) is 10.0 Å². The third-order valence-electron chi connectivity index (χ3n) is 5.01. The van der Waals surface area contributed by atoms with Crippen molar-refractivity contribution < 1.29 is 24.5 Å². The number of methoxy groups -OCH3 is 1. The SMILES string of the molecule is CCCCN1C(=O)C(=O)/C(=C(/O)c2cc(OC)ccc2Cl)C1c1ccc(O)c(Cl)c1. The standard InChI is InChI=1S/C22H21Cl2NO5/c1-3-4-9-25-19(12-5-8-17(26)16(24)10-12)18(21(28)22(25)29)20(27)14-11-13(30-2)6-7-15(14)23/h5-8,10-11,19,26-27H,3-4,9H2,1-2H3/b20-18+. The van der Waals surface area contributed by atoms with Crippen molar-refractivity contribution in [2.75, 3.05) is 13.7 Å². The number of phenols is 1. The Balaban J connectivity index is 2.23. The molecule has 3 rings (SSSR count). The molecule has 1 aliphatic rings. The molecule has 1 unspecified atom stereocenters. The fraction of sp³-hybridized carbons (Fsp3) is 0.273. The van der Waals surface area contributed by atoms with Crippen molar-refractivity contribution in [1.82, 2.24) is 4.90 Å². The first-order valence-corrected chi connectivity index (χ1v) is 10.2. The van der Waals surface area contributed by atoms with Gasteiger partial charge in [-0.1, -0.05) is 42.6 Å². The fourth-order valence-electron chi connectivity index (χ4n) is 3.44. The molecule has 2 N–H and O–H groups in total. The van der Waals surface area contributed by atoms with Crippen LogP contribution in [0.5, 0.6) is 11.5 Å². The van der Waals surface area contributed by atoms with Crippen LogP contribution in [0.3, 0.4) is 0 Å². The number of likely N-dealkylation sites (tertiary alicyclic amines) is 1. The van der Waals surface area contributed by atoms with Crippen molar-refractivity contribution in [3.05, 3.63) is 63.1 Å². The summed E-state index contributed by atoms with van der Waals surface area (Å²) in [4.78, 5) is 27.1. The van der Waals surface area contributed by atoms with Crippen LogP contribution in [0, 0.1) is 0 Å². The molecule has 0 radical (unpaired) electrons. The van der Waals surface area contributed by atoms with Gasteiger partial charge in [0.05, 0.1) is 28.8 Å². The molecule has 1 atom stereocenters. The minimum absolute atomic E-state index is 0.0768. The van der Waals surface area contributed by atoms with E-state index < -0.39 is 23.5 Å². The number of ketones is 1. The van der Waals surface area contributed by atoms with Gasteiger partial charge in [-0.15, -0.1) is 0 Å². The highest BCUT2D eigenvalue weighted by molar-refractivity contribution is 6.47. The van der Waals surface area contributed by atoms with E-state index in [1.807, 2.05) is 6.92 Å². The number of amides is 1. The van der Waals surface area contributed by atoms with Crippen LogP contribution in [-0.4, -0.2) is 40.5 Å². The number of rotatable bonds is 6. The maximum absolute atomic E-state index is 12.9. The highest BCUT2D eigenvalue weighted by Crippen LogP contribution is 2.42. The Bertz CT molecular complexity index is 1030. The van der Waals surface area contributed by atoms with Crippen molar-refractivity contribution in [1.29, 1.82) is 0 Å². The fourth-order valence-corrected chi connectivity index (χ4v) is 3.83. The normalized spacial score (nSPS) is 18.1. The van der Waals surface area contributed by atoms with E-state index in [1.165, 1.54) is 36.3 Å². The van der Waals surface area contributed by atoms with Crippen LogP contribution >= 0.6 is 23.2 Å². The van der Waals surface area contributed by atoms with E-state index in [1.54, 1.807) is 12.1 Å². The highest BCUT2D eigenvalue weighted by atomic mass is 35.5. The van der Waals surface area contributed by atoms with Gasteiger partial charge in [0.1, 0.15) is 17.3 Å². The van der Waals surface area contributed by atoms with Gasteiger partial charge in [-0.2, -0.15) is 0 Å². The number of ether oxygens (including phenoxy) is 1. The lowest BCUT2D eigenvalue weighted by atomic mass is 9.95. The summed E-state index contributed by atoms with van der Waals surface area (Å²) in [5.41, 5.74) is 0.584. The van der Waals surface area contributed by atoms with Gasteiger partial charge in [0, 0.05) is 12.1 Å².